The number of hydrogen-bond donors (Lipinski definition) is 2. The molecule has 5 aromatic rings. The SMILES string of the molecule is COc1ccc([C@@]23C(=O)N(Nc4ccc(Cl)cc4Cl)C(=O)[C@@H]2C[C@@H]2C(=CC[C@@H]4C(=O)N(c5cc(C(F)(F)F)cc(C(F)(F)F)c5)C(=O)[C@@H]42)[C@@H]3c2ccc(OCc3ccccc3)cc2O)cc1. The number of amides is 4. The number of rotatable bonds is 9. The van der Waals surface area contributed by atoms with Gasteiger partial charge in [-0.25, -0.2) is 4.90 Å². The van der Waals surface area contributed by atoms with Gasteiger partial charge in [-0.15, -0.1) is 0 Å². The second-order valence-electron chi connectivity index (χ2n) is 16.5. The van der Waals surface area contributed by atoms with E-state index in [-0.39, 0.29) is 58.3 Å². The molecule has 0 aromatic heterocycles. The van der Waals surface area contributed by atoms with Crippen LogP contribution in [0.2, 0.25) is 10.0 Å². The maximum Gasteiger partial charge on any atom is 0.416 e. The summed E-state index contributed by atoms with van der Waals surface area (Å²) < 4.78 is 95.8. The number of methoxy groups -OCH3 is 1. The molecule has 0 spiro atoms. The van der Waals surface area contributed by atoms with Gasteiger partial charge in [0.25, 0.3) is 11.8 Å². The zero-order chi connectivity index (χ0) is 47.0. The Balaban J connectivity index is 1.21. The molecule has 0 bridgehead atoms. The van der Waals surface area contributed by atoms with E-state index in [0.717, 1.165) is 10.6 Å². The van der Waals surface area contributed by atoms with Gasteiger partial charge in [-0.2, -0.15) is 31.4 Å². The molecule has 2 heterocycles. The number of aromatic hydroxyl groups is 1. The number of hydrogen-bond acceptors (Lipinski definition) is 8. The average Bonchev–Trinajstić information content (AvgIpc) is 3.66. The van der Waals surface area contributed by atoms with E-state index >= 15 is 9.59 Å². The lowest BCUT2D eigenvalue weighted by atomic mass is 9.49. The number of hydrazine groups is 1. The van der Waals surface area contributed by atoms with E-state index in [1.807, 2.05) is 30.3 Å². The quantitative estimate of drug-likeness (QED) is 0.0850. The molecule has 6 atom stereocenters. The number of allylic oxidation sites excluding steroid dienone is 2. The minimum atomic E-state index is -5.28. The summed E-state index contributed by atoms with van der Waals surface area (Å²) in [7, 11) is 1.44. The number of anilines is 2. The van der Waals surface area contributed by atoms with Gasteiger partial charge >= 0.3 is 12.4 Å². The van der Waals surface area contributed by atoms with E-state index in [0.29, 0.717) is 33.9 Å². The van der Waals surface area contributed by atoms with Gasteiger partial charge in [0, 0.05) is 22.6 Å². The first-order chi connectivity index (χ1) is 31.3. The molecule has 2 aliphatic heterocycles. The van der Waals surface area contributed by atoms with Gasteiger partial charge in [-0.1, -0.05) is 83.4 Å². The molecule has 5 aromatic carbocycles. The summed E-state index contributed by atoms with van der Waals surface area (Å²) in [5.41, 5.74) is -1.73. The maximum absolute atomic E-state index is 15.6. The number of nitrogens with one attached hydrogen (secondary N) is 1. The van der Waals surface area contributed by atoms with E-state index in [2.05, 4.69) is 5.43 Å². The Labute approximate surface area is 382 Å². The molecule has 0 unspecified atom stereocenters. The van der Waals surface area contributed by atoms with Crippen LogP contribution in [0.1, 0.15) is 46.6 Å². The first-order valence-corrected chi connectivity index (χ1v) is 21.2. The van der Waals surface area contributed by atoms with Crippen molar-refractivity contribution >= 4 is 58.2 Å². The van der Waals surface area contributed by atoms with Gasteiger partial charge in [-0.05, 0) is 84.5 Å². The Morgan fingerprint density at radius 3 is 2.06 bits per heavy atom. The molecule has 10 nitrogen and oxygen atoms in total. The normalized spacial score (nSPS) is 23.9. The molecule has 340 valence electrons. The number of nitrogens with zero attached hydrogens (tertiary/aromatic N) is 2. The van der Waals surface area contributed by atoms with Crippen LogP contribution in [-0.4, -0.2) is 40.9 Å². The number of halogens is 8. The molecule has 0 radical (unpaired) electrons. The van der Waals surface area contributed by atoms with E-state index in [1.54, 1.807) is 36.4 Å². The van der Waals surface area contributed by atoms with Crippen molar-refractivity contribution in [1.29, 1.82) is 0 Å². The molecule has 2 N–H and O–H groups in total. The van der Waals surface area contributed by atoms with Crippen molar-refractivity contribution < 1.29 is 60.1 Å². The van der Waals surface area contributed by atoms with Crippen LogP contribution in [-0.2, 0) is 43.6 Å². The first-order valence-electron chi connectivity index (χ1n) is 20.4. The predicted molar refractivity (Wildman–Crippen MR) is 228 cm³/mol. The molecular weight excluding hydrogens is 915 g/mol. The fourth-order valence-corrected chi connectivity index (χ4v) is 10.6. The van der Waals surface area contributed by atoms with Crippen molar-refractivity contribution in [2.24, 2.45) is 23.7 Å². The monoisotopic (exact) mass is 949 g/mol. The molecule has 2 saturated heterocycles. The summed E-state index contributed by atoms with van der Waals surface area (Å²) in [6.07, 6.45) is -9.47. The Hall–Kier alpha value is -6.52. The summed E-state index contributed by atoms with van der Waals surface area (Å²) in [6.45, 7) is 0.126. The highest BCUT2D eigenvalue weighted by Gasteiger charge is 2.71. The van der Waals surface area contributed by atoms with E-state index in [4.69, 9.17) is 32.7 Å². The number of fused-ring (bicyclic) bond motifs is 4. The third-order valence-electron chi connectivity index (χ3n) is 13.0. The van der Waals surface area contributed by atoms with Crippen molar-refractivity contribution in [2.75, 3.05) is 17.4 Å². The second kappa shape index (κ2) is 16.4. The van der Waals surface area contributed by atoms with E-state index in [1.165, 1.54) is 37.4 Å². The largest absolute Gasteiger partial charge is 0.508 e. The van der Waals surface area contributed by atoms with Crippen LogP contribution in [0.3, 0.4) is 0 Å². The highest BCUT2D eigenvalue weighted by Crippen LogP contribution is 2.65. The molecule has 18 heteroatoms. The van der Waals surface area contributed by atoms with Crippen molar-refractivity contribution in [3.05, 3.63) is 159 Å². The number of phenolic OH excluding ortho intramolecular Hbond substituents is 1. The smallest absolute Gasteiger partial charge is 0.416 e. The van der Waals surface area contributed by atoms with Crippen LogP contribution >= 0.6 is 23.2 Å². The number of ether oxygens (including phenoxy) is 2. The molecule has 1 saturated carbocycles. The molecular formula is C48H35Cl2F6N3O7. The lowest BCUT2D eigenvalue weighted by Gasteiger charge is -2.50. The average molecular weight is 951 g/mol. The number of alkyl halides is 6. The Morgan fingerprint density at radius 2 is 1.44 bits per heavy atom. The van der Waals surface area contributed by atoms with Crippen molar-refractivity contribution in [3.8, 4) is 17.2 Å². The zero-order valence-corrected chi connectivity index (χ0v) is 35.8. The highest BCUT2D eigenvalue weighted by atomic mass is 35.5. The summed E-state index contributed by atoms with van der Waals surface area (Å²) >= 11 is 12.7. The molecule has 4 aliphatic rings. The highest BCUT2D eigenvalue weighted by molar-refractivity contribution is 6.36. The number of benzene rings is 5. The molecule has 4 amide bonds. The van der Waals surface area contributed by atoms with E-state index in [9.17, 15) is 41.0 Å². The van der Waals surface area contributed by atoms with Crippen LogP contribution in [0.4, 0.5) is 37.7 Å². The topological polar surface area (TPSA) is 125 Å². The minimum Gasteiger partial charge on any atom is -0.508 e. The van der Waals surface area contributed by atoms with Gasteiger partial charge in [0.1, 0.15) is 23.9 Å². The maximum atomic E-state index is 15.6. The summed E-state index contributed by atoms with van der Waals surface area (Å²) in [4.78, 5) is 60.0. The zero-order valence-electron chi connectivity index (χ0n) is 34.3. The summed E-state index contributed by atoms with van der Waals surface area (Å²) in [5, 5.41) is 13.2. The predicted octanol–water partition coefficient (Wildman–Crippen LogP) is 10.5. The third-order valence-corrected chi connectivity index (χ3v) is 13.5. The van der Waals surface area contributed by atoms with Gasteiger partial charge in [0.2, 0.25) is 11.8 Å². The molecule has 66 heavy (non-hydrogen) atoms. The summed E-state index contributed by atoms with van der Waals surface area (Å²) in [5.74, 6) is -9.89. The van der Waals surface area contributed by atoms with Crippen LogP contribution < -0.4 is 19.8 Å². The number of carbonyl (C=O) groups excluding carboxylic acids is 4. The number of imide groups is 2. The first kappa shape index (κ1) is 44.7. The minimum absolute atomic E-state index is 0.0504. The van der Waals surface area contributed by atoms with Crippen LogP contribution in [0.15, 0.2) is 121 Å². The van der Waals surface area contributed by atoms with Crippen LogP contribution in [0, 0.1) is 23.7 Å². The fourth-order valence-electron chi connectivity index (χ4n) is 10.1. The van der Waals surface area contributed by atoms with Crippen molar-refractivity contribution in [1.82, 2.24) is 5.01 Å². The molecule has 9 rings (SSSR count). The Bertz CT molecular complexity index is 2810. The molecule has 2 aliphatic carbocycles. The standard InChI is InChI=1S/C48H35Cl2F6N3O7/c1-65-30-10-7-25(8-11-30)46-36(43(62)59(45(46)64)57-38-16-9-28(49)20-37(38)50)22-35-32(41(46)33-13-12-31(21-39(33)60)66-23-24-5-3-2-4-6-24)14-15-34-40(35)44(63)58(42(34)61)29-18-26(47(51,52)53)17-27(19-29)48(54,55)56/h2-14,16-21,34-36,40-41,57,60H,15,22-23H2,1H3/t34-,35+,36-,40-,41+,46+/m0/s1. The number of phenols is 1. The Morgan fingerprint density at radius 1 is 0.773 bits per heavy atom. The fraction of sp³-hybridized carbons (Fsp3) is 0.250. The van der Waals surface area contributed by atoms with Gasteiger partial charge in [0.15, 0.2) is 0 Å². The second-order valence-corrected chi connectivity index (χ2v) is 17.3. The van der Waals surface area contributed by atoms with Gasteiger partial charge in [-0.3, -0.25) is 24.6 Å². The van der Waals surface area contributed by atoms with Crippen LogP contribution in [0.5, 0.6) is 17.2 Å². The van der Waals surface area contributed by atoms with Gasteiger partial charge in [0.05, 0.1) is 57.8 Å². The Kier molecular flexibility index (Phi) is 11.1. The third kappa shape index (κ3) is 7.39. The molecule has 3 fully saturated rings. The lowest BCUT2D eigenvalue weighted by molar-refractivity contribution is -0.143. The van der Waals surface area contributed by atoms with Crippen LogP contribution in [0.25, 0.3) is 0 Å². The van der Waals surface area contributed by atoms with Crippen molar-refractivity contribution in [3.63, 3.8) is 0 Å². The number of carbonyl (C=O) groups is 4. The van der Waals surface area contributed by atoms with E-state index < -0.39 is 87.8 Å². The van der Waals surface area contributed by atoms with Gasteiger partial charge < -0.3 is 14.6 Å². The van der Waals surface area contributed by atoms with Crippen molar-refractivity contribution in [2.45, 2.75) is 43.1 Å². The summed E-state index contributed by atoms with van der Waals surface area (Å²) in [6, 6.07) is 24.8. The lowest BCUT2D eigenvalue weighted by Crippen LogP contribution is -2.53.